The zero-order chi connectivity index (χ0) is 20.3. The zero-order valence-electron chi connectivity index (χ0n) is 16.1. The van der Waals surface area contributed by atoms with Crippen LogP contribution < -0.4 is 16.2 Å². The van der Waals surface area contributed by atoms with Crippen LogP contribution in [-0.2, 0) is 16.0 Å². The second-order valence-corrected chi connectivity index (χ2v) is 6.66. The molecule has 3 N–H and O–H groups in total. The average molecular weight is 381 g/mol. The number of hydrogen-bond donors (Lipinski definition) is 3. The van der Waals surface area contributed by atoms with Crippen LogP contribution in [0.2, 0.25) is 0 Å². The van der Waals surface area contributed by atoms with Gasteiger partial charge in [-0.2, -0.15) is 0 Å². The second-order valence-electron chi connectivity index (χ2n) is 6.66. The lowest BCUT2D eigenvalue weighted by Gasteiger charge is -2.19. The van der Waals surface area contributed by atoms with E-state index in [0.29, 0.717) is 11.3 Å². The zero-order valence-corrected chi connectivity index (χ0v) is 16.1. The molecule has 3 rings (SSSR count). The van der Waals surface area contributed by atoms with Crippen molar-refractivity contribution in [1.29, 1.82) is 0 Å². The highest BCUT2D eigenvalue weighted by molar-refractivity contribution is 5.81. The third kappa shape index (κ3) is 4.11. The quantitative estimate of drug-likeness (QED) is 0.596. The molecule has 1 aromatic carbocycles. The first-order valence-corrected chi connectivity index (χ1v) is 9.01. The molecule has 3 aromatic rings. The topological polar surface area (TPSA) is 108 Å². The standard InChI is InChI=1S/C20H23N5O3/c1-12-15(13(2)25-17(22-12)11-20(28)24-25)9-19(27)23-16(10-18(26)21-3)14-7-5-4-6-8-14/h4-8,11,16H,9-10H2,1-3H3,(H,21,26)(H,23,27)(H,24,28). The van der Waals surface area contributed by atoms with Crippen molar-refractivity contribution in [2.24, 2.45) is 0 Å². The number of benzene rings is 1. The number of amides is 2. The molecule has 0 saturated heterocycles. The average Bonchev–Trinajstić information content (AvgIpc) is 3.05. The van der Waals surface area contributed by atoms with E-state index in [9.17, 15) is 14.4 Å². The number of aromatic amines is 1. The van der Waals surface area contributed by atoms with Crippen LogP contribution in [0, 0.1) is 13.8 Å². The molecule has 0 radical (unpaired) electrons. The number of nitrogens with zero attached hydrogens (tertiary/aromatic N) is 2. The Morgan fingerprint density at radius 3 is 2.57 bits per heavy atom. The van der Waals surface area contributed by atoms with Crippen LogP contribution in [0.15, 0.2) is 41.2 Å². The van der Waals surface area contributed by atoms with Crippen LogP contribution in [-0.4, -0.2) is 33.5 Å². The number of rotatable bonds is 6. The summed E-state index contributed by atoms with van der Waals surface area (Å²) in [6.07, 6.45) is 0.240. The Kier molecular flexibility index (Phi) is 5.58. The number of fused-ring (bicyclic) bond motifs is 1. The molecule has 0 spiro atoms. The van der Waals surface area contributed by atoms with Gasteiger partial charge in [0.2, 0.25) is 11.8 Å². The molecule has 0 aliphatic carbocycles. The summed E-state index contributed by atoms with van der Waals surface area (Å²) in [4.78, 5) is 40.6. The number of aryl methyl sites for hydroxylation is 2. The Morgan fingerprint density at radius 2 is 1.89 bits per heavy atom. The van der Waals surface area contributed by atoms with Gasteiger partial charge in [-0.15, -0.1) is 0 Å². The van der Waals surface area contributed by atoms with Gasteiger partial charge in [0.25, 0.3) is 5.56 Å². The van der Waals surface area contributed by atoms with Gasteiger partial charge in [-0.1, -0.05) is 30.3 Å². The van der Waals surface area contributed by atoms with Crippen LogP contribution in [0.5, 0.6) is 0 Å². The van der Waals surface area contributed by atoms with E-state index < -0.39 is 6.04 Å². The van der Waals surface area contributed by atoms with Crippen LogP contribution in [0.3, 0.4) is 0 Å². The van der Waals surface area contributed by atoms with E-state index in [1.54, 1.807) is 11.6 Å². The van der Waals surface area contributed by atoms with Crippen LogP contribution in [0.4, 0.5) is 0 Å². The smallest absolute Gasteiger partial charge is 0.266 e. The first kappa shape index (κ1) is 19.3. The van der Waals surface area contributed by atoms with E-state index in [0.717, 1.165) is 16.8 Å². The Labute approximate surface area is 162 Å². The summed E-state index contributed by atoms with van der Waals surface area (Å²) in [5.74, 6) is -0.380. The summed E-state index contributed by atoms with van der Waals surface area (Å²) < 4.78 is 1.58. The number of aromatic nitrogens is 3. The Balaban J connectivity index is 1.84. The molecular weight excluding hydrogens is 358 g/mol. The van der Waals surface area contributed by atoms with Crippen molar-refractivity contribution in [2.75, 3.05) is 7.05 Å². The second kappa shape index (κ2) is 8.08. The normalized spacial score (nSPS) is 12.0. The fourth-order valence-corrected chi connectivity index (χ4v) is 3.24. The van der Waals surface area contributed by atoms with E-state index in [4.69, 9.17) is 0 Å². The van der Waals surface area contributed by atoms with E-state index >= 15 is 0 Å². The van der Waals surface area contributed by atoms with Crippen LogP contribution in [0.1, 0.15) is 35.0 Å². The molecular formula is C20H23N5O3. The Bertz CT molecular complexity index is 1070. The minimum atomic E-state index is -0.433. The minimum Gasteiger partial charge on any atom is -0.359 e. The summed E-state index contributed by atoms with van der Waals surface area (Å²) >= 11 is 0. The molecule has 28 heavy (non-hydrogen) atoms. The van der Waals surface area contributed by atoms with Gasteiger partial charge in [0.1, 0.15) is 0 Å². The first-order valence-electron chi connectivity index (χ1n) is 9.01. The minimum absolute atomic E-state index is 0.0951. The number of hydrogen-bond acceptors (Lipinski definition) is 4. The summed E-state index contributed by atoms with van der Waals surface area (Å²) in [7, 11) is 1.57. The Morgan fingerprint density at radius 1 is 1.18 bits per heavy atom. The molecule has 2 heterocycles. The molecule has 8 heteroatoms. The maximum Gasteiger partial charge on any atom is 0.266 e. The van der Waals surface area contributed by atoms with E-state index in [1.165, 1.54) is 6.07 Å². The lowest BCUT2D eigenvalue weighted by atomic mass is 10.0. The van der Waals surface area contributed by atoms with Crippen molar-refractivity contribution < 1.29 is 9.59 Å². The van der Waals surface area contributed by atoms with E-state index in [1.807, 2.05) is 44.2 Å². The molecule has 2 amide bonds. The predicted octanol–water partition coefficient (Wildman–Crippen LogP) is 1.18. The summed E-state index contributed by atoms with van der Waals surface area (Å²) in [6.45, 7) is 3.64. The van der Waals surface area contributed by atoms with Gasteiger partial charge in [0.05, 0.1) is 18.9 Å². The molecule has 1 unspecified atom stereocenters. The highest BCUT2D eigenvalue weighted by Gasteiger charge is 2.20. The van der Waals surface area contributed by atoms with E-state index in [2.05, 4.69) is 20.7 Å². The highest BCUT2D eigenvalue weighted by Crippen LogP contribution is 2.18. The molecule has 2 aromatic heterocycles. The highest BCUT2D eigenvalue weighted by atomic mass is 16.2. The largest absolute Gasteiger partial charge is 0.359 e. The third-order valence-electron chi connectivity index (χ3n) is 4.75. The number of H-pyrrole nitrogens is 1. The molecule has 0 aliphatic heterocycles. The van der Waals surface area contributed by atoms with Gasteiger partial charge in [0, 0.05) is 30.1 Å². The molecule has 1 atom stereocenters. The van der Waals surface area contributed by atoms with Crippen molar-refractivity contribution in [3.05, 3.63) is 69.3 Å². The van der Waals surface area contributed by atoms with Gasteiger partial charge in [-0.25, -0.2) is 9.50 Å². The molecule has 0 saturated carbocycles. The lowest BCUT2D eigenvalue weighted by molar-refractivity contribution is -0.123. The predicted molar refractivity (Wildman–Crippen MR) is 105 cm³/mol. The molecule has 146 valence electrons. The van der Waals surface area contributed by atoms with Crippen LogP contribution in [0.25, 0.3) is 5.65 Å². The third-order valence-corrected chi connectivity index (χ3v) is 4.75. The fraction of sp³-hybridized carbons (Fsp3) is 0.300. The van der Waals surface area contributed by atoms with Crippen molar-refractivity contribution in [1.82, 2.24) is 25.2 Å². The van der Waals surface area contributed by atoms with Gasteiger partial charge in [-0.3, -0.25) is 19.5 Å². The van der Waals surface area contributed by atoms with Crippen molar-refractivity contribution in [3.63, 3.8) is 0 Å². The maximum atomic E-state index is 12.8. The number of carbonyl (C=O) groups is 2. The van der Waals surface area contributed by atoms with Crippen molar-refractivity contribution in [3.8, 4) is 0 Å². The fourth-order valence-electron chi connectivity index (χ4n) is 3.24. The summed E-state index contributed by atoms with van der Waals surface area (Å²) in [5.41, 5.74) is 3.31. The molecule has 8 nitrogen and oxygen atoms in total. The van der Waals surface area contributed by atoms with Crippen molar-refractivity contribution >= 4 is 17.5 Å². The molecule has 0 bridgehead atoms. The molecule has 0 fully saturated rings. The van der Waals surface area contributed by atoms with E-state index in [-0.39, 0.29) is 30.2 Å². The number of carbonyl (C=O) groups excluding carboxylic acids is 2. The molecule has 0 aliphatic rings. The SMILES string of the molecule is CNC(=O)CC(NC(=O)Cc1c(C)nc2cc(=O)[nH]n2c1C)c1ccccc1. The Hall–Kier alpha value is -3.42. The monoisotopic (exact) mass is 381 g/mol. The van der Waals surface area contributed by atoms with Gasteiger partial charge < -0.3 is 10.6 Å². The number of nitrogens with one attached hydrogen (secondary N) is 3. The lowest BCUT2D eigenvalue weighted by Crippen LogP contribution is -2.34. The van der Waals surface area contributed by atoms with Gasteiger partial charge in [0.15, 0.2) is 5.65 Å². The van der Waals surface area contributed by atoms with Crippen molar-refractivity contribution in [2.45, 2.75) is 32.7 Å². The first-order chi connectivity index (χ1) is 13.4. The summed E-state index contributed by atoms with van der Waals surface area (Å²) in [5, 5.41) is 8.22. The summed E-state index contributed by atoms with van der Waals surface area (Å²) in [6, 6.07) is 10.4. The van der Waals surface area contributed by atoms with Gasteiger partial charge in [-0.05, 0) is 19.4 Å². The van der Waals surface area contributed by atoms with Gasteiger partial charge >= 0.3 is 0 Å². The maximum absolute atomic E-state index is 12.8. The van der Waals surface area contributed by atoms with Crippen LogP contribution >= 0.6 is 0 Å².